The van der Waals surface area contributed by atoms with Crippen LogP contribution in [0.1, 0.15) is 33.5 Å². The van der Waals surface area contributed by atoms with Gasteiger partial charge in [0, 0.05) is 0 Å². The molecule has 0 atom stereocenters. The zero-order valence-corrected chi connectivity index (χ0v) is 11.1. The number of benzene rings is 1. The Morgan fingerprint density at radius 2 is 1.59 bits per heavy atom. The SMILES string of the molecule is CC.CC.Cc1oc2ccccc2c(=O)c1O. The monoisotopic (exact) mass is 236 g/mol. The first-order chi connectivity index (χ1) is 8.20. The van der Waals surface area contributed by atoms with Gasteiger partial charge in [-0.05, 0) is 19.1 Å². The molecule has 0 amide bonds. The van der Waals surface area contributed by atoms with Crippen LogP contribution in [0.4, 0.5) is 0 Å². The second-order valence-corrected chi connectivity index (χ2v) is 2.83. The van der Waals surface area contributed by atoms with E-state index in [0.29, 0.717) is 11.0 Å². The molecule has 3 heteroatoms. The molecule has 0 fully saturated rings. The van der Waals surface area contributed by atoms with Crippen LogP contribution in [0.5, 0.6) is 5.75 Å². The highest BCUT2D eigenvalue weighted by Gasteiger charge is 2.08. The standard InChI is InChI=1S/C10H8O3.2C2H6/c1-6-9(11)10(12)7-4-2-3-5-8(7)13-6;2*1-2/h2-5,11H,1H3;2*1-2H3. The van der Waals surface area contributed by atoms with Crippen molar-refractivity contribution in [2.45, 2.75) is 34.6 Å². The van der Waals surface area contributed by atoms with Gasteiger partial charge < -0.3 is 9.52 Å². The van der Waals surface area contributed by atoms with E-state index in [1.54, 1.807) is 31.2 Å². The molecule has 2 aromatic rings. The summed E-state index contributed by atoms with van der Waals surface area (Å²) in [7, 11) is 0. The maximum Gasteiger partial charge on any atom is 0.234 e. The molecule has 0 aliphatic carbocycles. The molecule has 0 unspecified atom stereocenters. The number of hydrogen-bond donors (Lipinski definition) is 1. The third-order valence-electron chi connectivity index (χ3n) is 1.94. The van der Waals surface area contributed by atoms with Gasteiger partial charge in [0.2, 0.25) is 11.2 Å². The van der Waals surface area contributed by atoms with Gasteiger partial charge in [0.15, 0.2) is 0 Å². The molecule has 94 valence electrons. The van der Waals surface area contributed by atoms with Crippen molar-refractivity contribution in [3.63, 3.8) is 0 Å². The summed E-state index contributed by atoms with van der Waals surface area (Å²) in [5.74, 6) is -0.0533. The predicted octanol–water partition coefficient (Wildman–Crippen LogP) is 3.86. The minimum absolute atomic E-state index is 0.253. The number of para-hydroxylation sites is 1. The summed E-state index contributed by atoms with van der Waals surface area (Å²) in [6, 6.07) is 6.83. The molecular formula is C14H20O3. The molecule has 1 aromatic heterocycles. The maximum atomic E-state index is 11.4. The molecule has 0 saturated carbocycles. The van der Waals surface area contributed by atoms with Crippen LogP contribution in [0, 0.1) is 6.92 Å². The van der Waals surface area contributed by atoms with Crippen molar-refractivity contribution in [1.82, 2.24) is 0 Å². The largest absolute Gasteiger partial charge is 0.502 e. The number of rotatable bonds is 0. The first kappa shape index (κ1) is 15.2. The zero-order valence-electron chi connectivity index (χ0n) is 11.1. The van der Waals surface area contributed by atoms with Crippen molar-refractivity contribution in [3.05, 3.63) is 40.2 Å². The number of hydrogen-bond acceptors (Lipinski definition) is 3. The average Bonchev–Trinajstić information content (AvgIpc) is 2.41. The van der Waals surface area contributed by atoms with Gasteiger partial charge in [-0.25, -0.2) is 0 Å². The highest BCUT2D eigenvalue weighted by Crippen LogP contribution is 2.17. The molecule has 0 aliphatic heterocycles. The van der Waals surface area contributed by atoms with E-state index in [1.807, 2.05) is 27.7 Å². The van der Waals surface area contributed by atoms with Crippen LogP contribution >= 0.6 is 0 Å². The van der Waals surface area contributed by atoms with E-state index in [0.717, 1.165) is 0 Å². The summed E-state index contributed by atoms with van der Waals surface area (Å²) in [6.45, 7) is 9.56. The summed E-state index contributed by atoms with van der Waals surface area (Å²) < 4.78 is 5.22. The average molecular weight is 236 g/mol. The molecular weight excluding hydrogens is 216 g/mol. The first-order valence-corrected chi connectivity index (χ1v) is 5.91. The van der Waals surface area contributed by atoms with Gasteiger partial charge in [-0.3, -0.25) is 4.79 Å². The normalized spacial score (nSPS) is 8.76. The molecule has 2 rings (SSSR count). The van der Waals surface area contributed by atoms with Gasteiger partial charge in [-0.15, -0.1) is 0 Å². The zero-order chi connectivity index (χ0) is 13.4. The van der Waals surface area contributed by atoms with E-state index >= 15 is 0 Å². The topological polar surface area (TPSA) is 50.4 Å². The number of fused-ring (bicyclic) bond motifs is 1. The third kappa shape index (κ3) is 3.34. The summed E-state index contributed by atoms with van der Waals surface area (Å²) in [5, 5.41) is 9.71. The Labute approximate surface area is 102 Å². The summed E-state index contributed by atoms with van der Waals surface area (Å²) in [5.41, 5.74) is 0.127. The van der Waals surface area contributed by atoms with Crippen molar-refractivity contribution in [2.24, 2.45) is 0 Å². The summed E-state index contributed by atoms with van der Waals surface area (Å²) in [6.07, 6.45) is 0. The van der Waals surface area contributed by atoms with Crippen molar-refractivity contribution in [1.29, 1.82) is 0 Å². The van der Waals surface area contributed by atoms with Crippen molar-refractivity contribution in [2.75, 3.05) is 0 Å². The second kappa shape index (κ2) is 7.49. The lowest BCUT2D eigenvalue weighted by atomic mass is 10.2. The fourth-order valence-electron chi connectivity index (χ4n) is 1.24. The van der Waals surface area contributed by atoms with Gasteiger partial charge in [-0.2, -0.15) is 0 Å². The third-order valence-corrected chi connectivity index (χ3v) is 1.94. The van der Waals surface area contributed by atoms with Crippen LogP contribution in [-0.4, -0.2) is 5.11 Å². The van der Waals surface area contributed by atoms with Crippen LogP contribution < -0.4 is 5.43 Å². The van der Waals surface area contributed by atoms with Crippen LogP contribution in [-0.2, 0) is 0 Å². The van der Waals surface area contributed by atoms with Gasteiger partial charge >= 0.3 is 0 Å². The molecule has 0 radical (unpaired) electrons. The Bertz CT molecular complexity index is 512. The Kier molecular flexibility index (Phi) is 6.71. The van der Waals surface area contributed by atoms with Gasteiger partial charge in [0.1, 0.15) is 11.3 Å². The Hall–Kier alpha value is -1.77. The van der Waals surface area contributed by atoms with Crippen molar-refractivity contribution < 1.29 is 9.52 Å². The minimum Gasteiger partial charge on any atom is -0.502 e. The Morgan fingerprint density at radius 1 is 1.06 bits per heavy atom. The molecule has 1 aromatic carbocycles. The summed E-state index contributed by atoms with van der Waals surface area (Å²) >= 11 is 0. The van der Waals surface area contributed by atoms with E-state index in [2.05, 4.69) is 0 Å². The van der Waals surface area contributed by atoms with Gasteiger partial charge in [0.05, 0.1) is 5.39 Å². The second-order valence-electron chi connectivity index (χ2n) is 2.83. The van der Waals surface area contributed by atoms with Crippen LogP contribution in [0.2, 0.25) is 0 Å². The molecule has 0 spiro atoms. The molecule has 0 aliphatic rings. The molecule has 3 nitrogen and oxygen atoms in total. The molecule has 0 bridgehead atoms. The lowest BCUT2D eigenvalue weighted by Gasteiger charge is -1.99. The Morgan fingerprint density at radius 3 is 2.18 bits per heavy atom. The number of aromatic hydroxyl groups is 1. The lowest BCUT2D eigenvalue weighted by molar-refractivity contribution is 0.427. The van der Waals surface area contributed by atoms with E-state index in [4.69, 9.17) is 4.42 Å². The van der Waals surface area contributed by atoms with Crippen molar-refractivity contribution in [3.8, 4) is 5.75 Å². The van der Waals surface area contributed by atoms with E-state index in [9.17, 15) is 9.90 Å². The smallest absolute Gasteiger partial charge is 0.234 e. The fraction of sp³-hybridized carbons (Fsp3) is 0.357. The highest BCUT2D eigenvalue weighted by atomic mass is 16.4. The van der Waals surface area contributed by atoms with E-state index in [-0.39, 0.29) is 16.9 Å². The molecule has 0 saturated heterocycles. The van der Waals surface area contributed by atoms with Crippen molar-refractivity contribution >= 4 is 11.0 Å². The fourth-order valence-corrected chi connectivity index (χ4v) is 1.24. The first-order valence-electron chi connectivity index (χ1n) is 5.91. The quantitative estimate of drug-likeness (QED) is 0.755. The highest BCUT2D eigenvalue weighted by molar-refractivity contribution is 5.77. The summed E-state index contributed by atoms with van der Waals surface area (Å²) in [4.78, 5) is 11.4. The Balaban J connectivity index is 0.000000581. The van der Waals surface area contributed by atoms with Crippen LogP contribution in [0.15, 0.2) is 33.5 Å². The van der Waals surface area contributed by atoms with Gasteiger partial charge in [-0.1, -0.05) is 39.8 Å². The van der Waals surface area contributed by atoms with Crippen LogP contribution in [0.25, 0.3) is 11.0 Å². The minimum atomic E-state index is -0.376. The van der Waals surface area contributed by atoms with Gasteiger partial charge in [0.25, 0.3) is 0 Å². The lowest BCUT2D eigenvalue weighted by Crippen LogP contribution is -2.01. The maximum absolute atomic E-state index is 11.4. The predicted molar refractivity (Wildman–Crippen MR) is 71.6 cm³/mol. The van der Waals surface area contributed by atoms with E-state index < -0.39 is 0 Å². The number of aryl methyl sites for hydroxylation is 1. The van der Waals surface area contributed by atoms with E-state index in [1.165, 1.54) is 0 Å². The molecule has 17 heavy (non-hydrogen) atoms. The van der Waals surface area contributed by atoms with Crippen LogP contribution in [0.3, 0.4) is 0 Å². The molecule has 1 heterocycles. The molecule has 1 N–H and O–H groups in total.